The molecule has 1 aromatic rings. The number of nitrogens with one attached hydrogen (secondary N) is 2. The molecular formula is C20H32F3N5. The lowest BCUT2D eigenvalue weighted by molar-refractivity contribution is -0.137. The number of benzene rings is 1. The first-order valence-electron chi connectivity index (χ1n) is 9.74. The summed E-state index contributed by atoms with van der Waals surface area (Å²) in [4.78, 5) is 9.04. The van der Waals surface area contributed by atoms with E-state index in [0.29, 0.717) is 23.5 Å². The minimum atomic E-state index is -4.33. The Morgan fingerprint density at radius 1 is 1.14 bits per heavy atom. The molecule has 8 heteroatoms. The SMILES string of the molecule is CN=C(NCc1cccc(C(F)(F)F)c1)NCC(C(C)C)N1CCN(C)CC1. The molecule has 0 saturated carbocycles. The molecule has 1 aliphatic heterocycles. The molecule has 1 aromatic carbocycles. The fourth-order valence-electron chi connectivity index (χ4n) is 3.41. The molecule has 0 aromatic heterocycles. The molecule has 2 rings (SSSR count). The second kappa shape index (κ2) is 10.1. The summed E-state index contributed by atoms with van der Waals surface area (Å²) in [5.74, 6) is 1.08. The predicted octanol–water partition coefficient (Wildman–Crippen LogP) is 2.64. The zero-order valence-electron chi connectivity index (χ0n) is 17.2. The lowest BCUT2D eigenvalue weighted by Gasteiger charge is -2.40. The molecule has 0 amide bonds. The molecule has 1 unspecified atom stereocenters. The number of alkyl halides is 3. The van der Waals surface area contributed by atoms with E-state index in [0.717, 1.165) is 38.8 Å². The number of hydrogen-bond donors (Lipinski definition) is 2. The summed E-state index contributed by atoms with van der Waals surface area (Å²) in [6.07, 6.45) is -4.33. The van der Waals surface area contributed by atoms with Crippen molar-refractivity contribution < 1.29 is 13.2 Å². The van der Waals surface area contributed by atoms with Gasteiger partial charge < -0.3 is 15.5 Å². The first kappa shape index (κ1) is 22.5. The van der Waals surface area contributed by atoms with Gasteiger partial charge in [-0.15, -0.1) is 0 Å². The molecular weight excluding hydrogens is 367 g/mol. The van der Waals surface area contributed by atoms with E-state index in [1.807, 2.05) is 0 Å². The molecule has 1 fully saturated rings. The Labute approximate surface area is 166 Å². The monoisotopic (exact) mass is 399 g/mol. The molecule has 1 saturated heterocycles. The minimum Gasteiger partial charge on any atom is -0.355 e. The zero-order valence-corrected chi connectivity index (χ0v) is 17.2. The smallest absolute Gasteiger partial charge is 0.355 e. The molecule has 0 bridgehead atoms. The third-order valence-electron chi connectivity index (χ3n) is 5.19. The molecule has 5 nitrogen and oxygen atoms in total. The number of guanidine groups is 1. The van der Waals surface area contributed by atoms with Crippen LogP contribution < -0.4 is 10.6 Å². The van der Waals surface area contributed by atoms with Crippen molar-refractivity contribution in [2.24, 2.45) is 10.9 Å². The first-order chi connectivity index (χ1) is 13.2. The second-order valence-corrected chi connectivity index (χ2v) is 7.66. The number of hydrogen-bond acceptors (Lipinski definition) is 3. The van der Waals surface area contributed by atoms with Gasteiger partial charge in [-0.3, -0.25) is 9.89 Å². The number of rotatable bonds is 6. The summed E-state index contributed by atoms with van der Waals surface area (Å²) >= 11 is 0. The van der Waals surface area contributed by atoms with Crippen LogP contribution in [0, 0.1) is 5.92 Å². The summed E-state index contributed by atoms with van der Waals surface area (Å²) in [7, 11) is 3.81. The molecule has 0 radical (unpaired) electrons. The molecule has 0 spiro atoms. The van der Waals surface area contributed by atoms with Gasteiger partial charge in [-0.05, 0) is 30.7 Å². The van der Waals surface area contributed by atoms with Gasteiger partial charge in [0.05, 0.1) is 5.56 Å². The maximum absolute atomic E-state index is 12.9. The van der Waals surface area contributed by atoms with E-state index in [1.165, 1.54) is 12.1 Å². The standard InChI is InChI=1S/C20H32F3N5/c1-15(2)18(28-10-8-27(4)9-11-28)14-26-19(24-3)25-13-16-6-5-7-17(12-16)20(21,22)23/h5-7,12,15,18H,8-11,13-14H2,1-4H3,(H2,24,25,26). The van der Waals surface area contributed by atoms with Crippen LogP contribution in [-0.2, 0) is 12.7 Å². The number of likely N-dealkylation sites (N-methyl/N-ethyl adjacent to an activating group) is 1. The summed E-state index contributed by atoms with van der Waals surface area (Å²) in [5, 5.41) is 6.45. The Balaban J connectivity index is 1.89. The quantitative estimate of drug-likeness (QED) is 0.570. The van der Waals surface area contributed by atoms with Gasteiger partial charge >= 0.3 is 6.18 Å². The van der Waals surface area contributed by atoms with E-state index >= 15 is 0 Å². The summed E-state index contributed by atoms with van der Waals surface area (Å²) < 4.78 is 38.6. The number of halogens is 3. The van der Waals surface area contributed by atoms with E-state index in [9.17, 15) is 13.2 Å². The van der Waals surface area contributed by atoms with Crippen molar-refractivity contribution in [3.8, 4) is 0 Å². The van der Waals surface area contributed by atoms with Crippen molar-refractivity contribution in [2.45, 2.75) is 32.6 Å². The topological polar surface area (TPSA) is 42.9 Å². The van der Waals surface area contributed by atoms with Gasteiger partial charge in [0.25, 0.3) is 0 Å². The Morgan fingerprint density at radius 2 is 1.82 bits per heavy atom. The molecule has 158 valence electrons. The maximum atomic E-state index is 12.9. The molecule has 1 aliphatic rings. The third kappa shape index (κ3) is 6.67. The average Bonchev–Trinajstić information content (AvgIpc) is 2.65. The number of nitrogens with zero attached hydrogens (tertiary/aromatic N) is 3. The van der Waals surface area contributed by atoms with Gasteiger partial charge in [-0.25, -0.2) is 0 Å². The average molecular weight is 400 g/mol. The largest absolute Gasteiger partial charge is 0.416 e. The lowest BCUT2D eigenvalue weighted by atomic mass is 10.0. The van der Waals surface area contributed by atoms with Crippen LogP contribution in [0.1, 0.15) is 25.0 Å². The summed E-state index contributed by atoms with van der Waals surface area (Å²) in [6.45, 7) is 9.65. The molecule has 1 atom stereocenters. The van der Waals surface area contributed by atoms with E-state index in [1.54, 1.807) is 13.1 Å². The van der Waals surface area contributed by atoms with Crippen molar-refractivity contribution in [1.82, 2.24) is 20.4 Å². The zero-order chi connectivity index (χ0) is 20.7. The minimum absolute atomic E-state index is 0.282. The number of aliphatic imine (C=N–C) groups is 1. The van der Waals surface area contributed by atoms with Crippen LogP contribution in [0.3, 0.4) is 0 Å². The fourth-order valence-corrected chi connectivity index (χ4v) is 3.41. The molecule has 28 heavy (non-hydrogen) atoms. The Hall–Kier alpha value is -1.80. The Bertz CT molecular complexity index is 637. The highest BCUT2D eigenvalue weighted by Crippen LogP contribution is 2.29. The van der Waals surface area contributed by atoms with Crippen molar-refractivity contribution in [3.63, 3.8) is 0 Å². The molecule has 2 N–H and O–H groups in total. The maximum Gasteiger partial charge on any atom is 0.416 e. The molecule has 1 heterocycles. The van der Waals surface area contributed by atoms with Crippen molar-refractivity contribution in [2.75, 3.05) is 46.8 Å². The summed E-state index contributed by atoms with van der Waals surface area (Å²) in [5.41, 5.74) is -0.0677. The van der Waals surface area contributed by atoms with Gasteiger partial charge in [-0.1, -0.05) is 26.0 Å². The van der Waals surface area contributed by atoms with Crippen molar-refractivity contribution in [3.05, 3.63) is 35.4 Å². The highest BCUT2D eigenvalue weighted by Gasteiger charge is 2.30. The second-order valence-electron chi connectivity index (χ2n) is 7.66. The van der Waals surface area contributed by atoms with E-state index in [-0.39, 0.29) is 6.54 Å². The predicted molar refractivity (Wildman–Crippen MR) is 107 cm³/mol. The first-order valence-corrected chi connectivity index (χ1v) is 9.74. The van der Waals surface area contributed by atoms with E-state index in [2.05, 4.69) is 46.3 Å². The van der Waals surface area contributed by atoms with Crippen molar-refractivity contribution in [1.29, 1.82) is 0 Å². The lowest BCUT2D eigenvalue weighted by Crippen LogP contribution is -2.55. The van der Waals surface area contributed by atoms with Gasteiger partial charge in [0, 0.05) is 52.4 Å². The highest BCUT2D eigenvalue weighted by molar-refractivity contribution is 5.79. The number of piperazine rings is 1. The molecule has 0 aliphatic carbocycles. The van der Waals surface area contributed by atoms with Gasteiger partial charge in [0.1, 0.15) is 0 Å². The van der Waals surface area contributed by atoms with Crippen LogP contribution in [0.15, 0.2) is 29.3 Å². The van der Waals surface area contributed by atoms with Gasteiger partial charge in [0.2, 0.25) is 0 Å². The Morgan fingerprint density at radius 3 is 2.39 bits per heavy atom. The van der Waals surface area contributed by atoms with Crippen LogP contribution >= 0.6 is 0 Å². The van der Waals surface area contributed by atoms with Crippen molar-refractivity contribution >= 4 is 5.96 Å². The van der Waals surface area contributed by atoms with E-state index in [4.69, 9.17) is 0 Å². The van der Waals surface area contributed by atoms with Crippen LogP contribution in [0.5, 0.6) is 0 Å². The van der Waals surface area contributed by atoms with Gasteiger partial charge in [0.15, 0.2) is 5.96 Å². The van der Waals surface area contributed by atoms with Crippen LogP contribution in [-0.4, -0.2) is 68.6 Å². The highest BCUT2D eigenvalue weighted by atomic mass is 19.4. The van der Waals surface area contributed by atoms with Crippen LogP contribution in [0.2, 0.25) is 0 Å². The summed E-state index contributed by atoms with van der Waals surface area (Å²) in [6, 6.07) is 5.73. The Kier molecular flexibility index (Phi) is 8.12. The normalized spacial score (nSPS) is 18.4. The van der Waals surface area contributed by atoms with Gasteiger partial charge in [-0.2, -0.15) is 13.2 Å². The van der Waals surface area contributed by atoms with E-state index < -0.39 is 11.7 Å². The van der Waals surface area contributed by atoms with Crippen LogP contribution in [0.4, 0.5) is 13.2 Å². The third-order valence-corrected chi connectivity index (χ3v) is 5.19. The fraction of sp³-hybridized carbons (Fsp3) is 0.650. The van der Waals surface area contributed by atoms with Crippen LogP contribution in [0.25, 0.3) is 0 Å².